The van der Waals surface area contributed by atoms with Crippen molar-refractivity contribution in [3.63, 3.8) is 0 Å². The van der Waals surface area contributed by atoms with Crippen LogP contribution in [0.1, 0.15) is 41.9 Å². The van der Waals surface area contributed by atoms with Crippen LogP contribution >= 0.6 is 0 Å². The standard InChI is InChI=1S/C15H20N6O3/c1-5-20(4)14(22)11-6-7-12(16-8-11)21-13(18-10(3)19-21)9(2)17-15(23)24/h6-9,17H,5H2,1-4H3,(H,23,24)/t9-/m0/s1. The molecule has 0 spiro atoms. The largest absolute Gasteiger partial charge is 0.465 e. The van der Waals surface area contributed by atoms with Crippen molar-refractivity contribution in [1.82, 2.24) is 30.0 Å². The average Bonchev–Trinajstić information content (AvgIpc) is 2.95. The van der Waals surface area contributed by atoms with Gasteiger partial charge in [-0.2, -0.15) is 4.68 Å². The van der Waals surface area contributed by atoms with E-state index in [0.717, 1.165) is 0 Å². The lowest BCUT2D eigenvalue weighted by molar-refractivity contribution is 0.0802. The highest BCUT2D eigenvalue weighted by Gasteiger charge is 2.19. The van der Waals surface area contributed by atoms with E-state index in [4.69, 9.17) is 5.11 Å². The fraction of sp³-hybridized carbons (Fsp3) is 0.400. The number of hydrogen-bond acceptors (Lipinski definition) is 5. The summed E-state index contributed by atoms with van der Waals surface area (Å²) in [5.41, 5.74) is 0.471. The SMILES string of the molecule is CCN(C)C(=O)c1ccc(-n2nc(C)nc2[C@H](C)NC(=O)O)nc1. The number of hydrogen-bond donors (Lipinski definition) is 2. The zero-order valence-corrected chi connectivity index (χ0v) is 14.0. The number of aromatic nitrogens is 4. The van der Waals surface area contributed by atoms with Gasteiger partial charge in [-0.05, 0) is 32.9 Å². The van der Waals surface area contributed by atoms with Gasteiger partial charge in [-0.15, -0.1) is 5.10 Å². The van der Waals surface area contributed by atoms with Crippen molar-refractivity contribution < 1.29 is 14.7 Å². The van der Waals surface area contributed by atoms with Crippen LogP contribution in [0.4, 0.5) is 4.79 Å². The van der Waals surface area contributed by atoms with E-state index >= 15 is 0 Å². The molecule has 0 fully saturated rings. The molecule has 128 valence electrons. The van der Waals surface area contributed by atoms with E-state index in [1.807, 2.05) is 6.92 Å². The fourth-order valence-corrected chi connectivity index (χ4v) is 2.13. The van der Waals surface area contributed by atoms with Gasteiger partial charge in [0.15, 0.2) is 11.6 Å². The molecule has 0 aliphatic rings. The van der Waals surface area contributed by atoms with Crippen molar-refractivity contribution in [2.24, 2.45) is 0 Å². The van der Waals surface area contributed by atoms with E-state index < -0.39 is 12.1 Å². The maximum Gasteiger partial charge on any atom is 0.405 e. The third-order valence-corrected chi connectivity index (χ3v) is 3.50. The summed E-state index contributed by atoms with van der Waals surface area (Å²) < 4.78 is 1.47. The molecule has 9 nitrogen and oxygen atoms in total. The number of amides is 2. The number of rotatable bonds is 5. The van der Waals surface area contributed by atoms with E-state index in [-0.39, 0.29) is 5.91 Å². The monoisotopic (exact) mass is 332 g/mol. The lowest BCUT2D eigenvalue weighted by atomic mass is 10.2. The Morgan fingerprint density at radius 1 is 1.42 bits per heavy atom. The van der Waals surface area contributed by atoms with Gasteiger partial charge in [-0.1, -0.05) is 0 Å². The molecule has 2 N–H and O–H groups in total. The number of aryl methyl sites for hydroxylation is 1. The summed E-state index contributed by atoms with van der Waals surface area (Å²) >= 11 is 0. The van der Waals surface area contributed by atoms with E-state index in [0.29, 0.717) is 29.6 Å². The normalized spacial score (nSPS) is 11.8. The molecule has 2 aromatic heterocycles. The van der Waals surface area contributed by atoms with Crippen LogP contribution in [-0.2, 0) is 0 Å². The molecule has 0 radical (unpaired) electrons. The van der Waals surface area contributed by atoms with Gasteiger partial charge in [-0.3, -0.25) is 4.79 Å². The summed E-state index contributed by atoms with van der Waals surface area (Å²) in [5.74, 6) is 1.26. The molecular formula is C15H20N6O3. The third kappa shape index (κ3) is 3.67. The van der Waals surface area contributed by atoms with Gasteiger partial charge in [0.2, 0.25) is 0 Å². The molecule has 0 bridgehead atoms. The zero-order chi connectivity index (χ0) is 17.9. The maximum absolute atomic E-state index is 12.1. The molecule has 2 heterocycles. The molecule has 9 heteroatoms. The zero-order valence-electron chi connectivity index (χ0n) is 14.0. The second kappa shape index (κ2) is 7.07. The van der Waals surface area contributed by atoms with Crippen LogP contribution in [0.5, 0.6) is 0 Å². The molecule has 2 amide bonds. The Labute approximate surface area is 139 Å². The van der Waals surface area contributed by atoms with E-state index in [1.54, 1.807) is 37.9 Å². The predicted molar refractivity (Wildman–Crippen MR) is 86.1 cm³/mol. The Morgan fingerprint density at radius 2 is 2.12 bits per heavy atom. The van der Waals surface area contributed by atoms with Gasteiger partial charge >= 0.3 is 6.09 Å². The van der Waals surface area contributed by atoms with Crippen molar-refractivity contribution in [2.45, 2.75) is 26.8 Å². The molecule has 0 aromatic carbocycles. The first-order chi connectivity index (χ1) is 11.3. The first kappa shape index (κ1) is 17.4. The number of carbonyl (C=O) groups is 2. The molecule has 2 aromatic rings. The molecule has 0 saturated carbocycles. The Balaban J connectivity index is 2.32. The smallest absolute Gasteiger partial charge is 0.405 e. The van der Waals surface area contributed by atoms with Crippen molar-refractivity contribution in [2.75, 3.05) is 13.6 Å². The number of pyridine rings is 1. The molecule has 1 atom stereocenters. The highest BCUT2D eigenvalue weighted by Crippen LogP contribution is 2.15. The van der Waals surface area contributed by atoms with E-state index in [9.17, 15) is 9.59 Å². The molecule has 24 heavy (non-hydrogen) atoms. The van der Waals surface area contributed by atoms with Crippen LogP contribution in [0.3, 0.4) is 0 Å². The Bertz CT molecular complexity index is 740. The van der Waals surface area contributed by atoms with Crippen molar-refractivity contribution in [3.05, 3.63) is 35.5 Å². The lowest BCUT2D eigenvalue weighted by Crippen LogP contribution is -2.27. The number of nitrogens with one attached hydrogen (secondary N) is 1. The van der Waals surface area contributed by atoms with Crippen molar-refractivity contribution >= 4 is 12.0 Å². The van der Waals surface area contributed by atoms with Gasteiger partial charge in [-0.25, -0.2) is 14.8 Å². The van der Waals surface area contributed by atoms with Crippen LogP contribution in [0.15, 0.2) is 18.3 Å². The van der Waals surface area contributed by atoms with Crippen LogP contribution in [0.2, 0.25) is 0 Å². The summed E-state index contributed by atoms with van der Waals surface area (Å²) in [7, 11) is 1.72. The summed E-state index contributed by atoms with van der Waals surface area (Å²) in [6.07, 6.45) is 0.325. The van der Waals surface area contributed by atoms with Crippen LogP contribution in [-0.4, -0.2) is 55.3 Å². The highest BCUT2D eigenvalue weighted by molar-refractivity contribution is 5.93. The molecule has 0 unspecified atom stereocenters. The Hall–Kier alpha value is -2.97. The maximum atomic E-state index is 12.1. The molecular weight excluding hydrogens is 312 g/mol. The summed E-state index contributed by atoms with van der Waals surface area (Å²) in [6, 6.07) is 2.76. The van der Waals surface area contributed by atoms with Crippen LogP contribution in [0.25, 0.3) is 5.82 Å². The van der Waals surface area contributed by atoms with Gasteiger partial charge < -0.3 is 15.3 Å². The average molecular weight is 332 g/mol. The van der Waals surface area contributed by atoms with Crippen molar-refractivity contribution in [3.8, 4) is 5.82 Å². The molecule has 0 saturated heterocycles. The first-order valence-corrected chi connectivity index (χ1v) is 7.48. The minimum Gasteiger partial charge on any atom is -0.465 e. The van der Waals surface area contributed by atoms with Crippen LogP contribution in [0, 0.1) is 6.92 Å². The third-order valence-electron chi connectivity index (χ3n) is 3.50. The molecule has 0 aliphatic heterocycles. The lowest BCUT2D eigenvalue weighted by Gasteiger charge is -2.15. The quantitative estimate of drug-likeness (QED) is 0.855. The molecule has 0 aliphatic carbocycles. The van der Waals surface area contributed by atoms with E-state index in [2.05, 4.69) is 20.4 Å². The van der Waals surface area contributed by atoms with E-state index in [1.165, 1.54) is 10.9 Å². The van der Waals surface area contributed by atoms with Gasteiger partial charge in [0.05, 0.1) is 11.6 Å². The fourth-order valence-electron chi connectivity index (χ4n) is 2.13. The number of nitrogens with zero attached hydrogens (tertiary/aromatic N) is 5. The highest BCUT2D eigenvalue weighted by atomic mass is 16.4. The predicted octanol–water partition coefficient (Wildman–Crippen LogP) is 1.39. The Kier molecular flexibility index (Phi) is 5.12. The first-order valence-electron chi connectivity index (χ1n) is 7.48. The number of carbonyl (C=O) groups excluding carboxylic acids is 1. The van der Waals surface area contributed by atoms with Gasteiger partial charge in [0.1, 0.15) is 5.82 Å². The minimum absolute atomic E-state index is 0.118. The van der Waals surface area contributed by atoms with Gasteiger partial charge in [0.25, 0.3) is 5.91 Å². The Morgan fingerprint density at radius 3 is 2.67 bits per heavy atom. The van der Waals surface area contributed by atoms with Gasteiger partial charge in [0, 0.05) is 19.8 Å². The summed E-state index contributed by atoms with van der Waals surface area (Å²) in [5, 5.41) is 15.4. The van der Waals surface area contributed by atoms with Crippen molar-refractivity contribution in [1.29, 1.82) is 0 Å². The second-order valence-corrected chi connectivity index (χ2v) is 5.32. The summed E-state index contributed by atoms with van der Waals surface area (Å²) in [4.78, 5) is 33.0. The summed E-state index contributed by atoms with van der Waals surface area (Å²) in [6.45, 7) is 5.87. The number of carboxylic acid groups (broad SMARTS) is 1. The second-order valence-electron chi connectivity index (χ2n) is 5.32. The van der Waals surface area contributed by atoms with Crippen LogP contribution < -0.4 is 5.32 Å². The molecule has 2 rings (SSSR count). The topological polar surface area (TPSA) is 113 Å². The minimum atomic E-state index is -1.15.